The molecule has 1 unspecified atom stereocenters. The van der Waals surface area contributed by atoms with E-state index in [0.717, 1.165) is 0 Å². The van der Waals surface area contributed by atoms with Gasteiger partial charge in [-0.1, -0.05) is 0 Å². The lowest BCUT2D eigenvalue weighted by Crippen LogP contribution is -2.28. The first-order valence-corrected chi connectivity index (χ1v) is 2.84. The van der Waals surface area contributed by atoms with E-state index in [1.165, 1.54) is 0 Å². The molecule has 0 saturated carbocycles. The number of hydrogen-bond donors (Lipinski definition) is 2. The van der Waals surface area contributed by atoms with Gasteiger partial charge in [-0.15, -0.1) is 12.6 Å². The lowest BCUT2D eigenvalue weighted by molar-refractivity contribution is -0.142. The smallest absolute Gasteiger partial charge is 0.323 e. The van der Waals surface area contributed by atoms with E-state index >= 15 is 0 Å². The largest absolute Gasteiger partial charge is 0.454 e. The van der Waals surface area contributed by atoms with E-state index in [1.54, 1.807) is 6.92 Å². The van der Waals surface area contributed by atoms with Crippen LogP contribution in [0.25, 0.3) is 0 Å². The van der Waals surface area contributed by atoms with Crippen molar-refractivity contribution in [3.05, 3.63) is 0 Å². The molecule has 8 heavy (non-hydrogen) atoms. The summed E-state index contributed by atoms with van der Waals surface area (Å²) < 4.78 is 4.40. The van der Waals surface area contributed by atoms with E-state index in [1.807, 2.05) is 0 Å². The molecule has 0 aliphatic heterocycles. The van der Waals surface area contributed by atoms with E-state index in [2.05, 4.69) is 17.4 Å². The van der Waals surface area contributed by atoms with Gasteiger partial charge < -0.3 is 10.5 Å². The summed E-state index contributed by atoms with van der Waals surface area (Å²) in [6, 6.07) is -0.540. The summed E-state index contributed by atoms with van der Waals surface area (Å²) in [4.78, 5) is 10.3. The molecule has 0 heterocycles. The standard InChI is InChI=1S/C4H9NO2S/c1-3(5)4(6)7-2-8/h3,8H,2,5H2,1H3. The Balaban J connectivity index is 3.33. The maximum atomic E-state index is 10.3. The van der Waals surface area contributed by atoms with E-state index in [4.69, 9.17) is 5.73 Å². The van der Waals surface area contributed by atoms with Crippen LogP contribution in [0.1, 0.15) is 6.92 Å². The molecule has 0 aliphatic rings. The second-order valence-corrected chi connectivity index (χ2v) is 1.64. The van der Waals surface area contributed by atoms with Crippen LogP contribution in [0.5, 0.6) is 0 Å². The van der Waals surface area contributed by atoms with Crippen molar-refractivity contribution < 1.29 is 9.53 Å². The predicted octanol–water partition coefficient (Wildman–Crippen LogP) is -0.236. The van der Waals surface area contributed by atoms with Crippen LogP contribution in [-0.4, -0.2) is 18.0 Å². The Morgan fingerprint density at radius 1 is 2.00 bits per heavy atom. The zero-order chi connectivity index (χ0) is 6.57. The molecule has 0 aromatic rings. The highest BCUT2D eigenvalue weighted by molar-refractivity contribution is 7.80. The Labute approximate surface area is 53.6 Å². The van der Waals surface area contributed by atoms with Crippen LogP contribution >= 0.6 is 12.6 Å². The van der Waals surface area contributed by atoms with Crippen molar-refractivity contribution in [3.63, 3.8) is 0 Å². The fraction of sp³-hybridized carbons (Fsp3) is 0.750. The quantitative estimate of drug-likeness (QED) is 0.312. The topological polar surface area (TPSA) is 52.3 Å². The lowest BCUT2D eigenvalue weighted by Gasteiger charge is -2.01. The Kier molecular flexibility index (Phi) is 3.64. The van der Waals surface area contributed by atoms with Crippen LogP contribution in [0.4, 0.5) is 0 Å². The third-order valence-electron chi connectivity index (χ3n) is 0.579. The molecule has 0 fully saturated rings. The molecule has 0 bridgehead atoms. The Bertz CT molecular complexity index is 84.1. The molecule has 48 valence electrons. The predicted molar refractivity (Wildman–Crippen MR) is 33.6 cm³/mol. The van der Waals surface area contributed by atoms with Crippen LogP contribution in [0.3, 0.4) is 0 Å². The minimum Gasteiger partial charge on any atom is -0.454 e. The minimum atomic E-state index is -0.540. The van der Waals surface area contributed by atoms with Crippen LogP contribution in [0.15, 0.2) is 0 Å². The third-order valence-corrected chi connectivity index (χ3v) is 0.708. The third kappa shape index (κ3) is 2.87. The van der Waals surface area contributed by atoms with Gasteiger partial charge in [-0.3, -0.25) is 4.79 Å². The van der Waals surface area contributed by atoms with Crippen molar-refractivity contribution in [3.8, 4) is 0 Å². The van der Waals surface area contributed by atoms with Crippen LogP contribution < -0.4 is 5.73 Å². The van der Waals surface area contributed by atoms with Crippen molar-refractivity contribution in [1.29, 1.82) is 0 Å². The van der Waals surface area contributed by atoms with Gasteiger partial charge in [-0.05, 0) is 6.92 Å². The monoisotopic (exact) mass is 135 g/mol. The van der Waals surface area contributed by atoms with Gasteiger partial charge in [0.25, 0.3) is 0 Å². The molecule has 2 N–H and O–H groups in total. The van der Waals surface area contributed by atoms with Gasteiger partial charge in [-0.25, -0.2) is 0 Å². The molecule has 0 saturated heterocycles. The first kappa shape index (κ1) is 7.78. The molecule has 0 aliphatic carbocycles. The first-order chi connectivity index (χ1) is 3.68. The summed E-state index contributed by atoms with van der Waals surface area (Å²) in [7, 11) is 0. The Morgan fingerprint density at radius 3 is 2.62 bits per heavy atom. The van der Waals surface area contributed by atoms with E-state index in [-0.39, 0.29) is 5.94 Å². The van der Waals surface area contributed by atoms with E-state index in [0.29, 0.717) is 0 Å². The SMILES string of the molecule is CC(N)C(=O)OCS. The highest BCUT2D eigenvalue weighted by atomic mass is 32.1. The average Bonchev–Trinajstić information content (AvgIpc) is 1.67. The highest BCUT2D eigenvalue weighted by Gasteiger charge is 2.05. The van der Waals surface area contributed by atoms with Crippen LogP contribution in [0.2, 0.25) is 0 Å². The molecule has 0 amide bonds. The molecule has 3 nitrogen and oxygen atoms in total. The van der Waals surface area contributed by atoms with Crippen molar-refractivity contribution >= 4 is 18.6 Å². The molecular formula is C4H9NO2S. The van der Waals surface area contributed by atoms with Gasteiger partial charge in [0, 0.05) is 0 Å². The Morgan fingerprint density at radius 2 is 2.50 bits per heavy atom. The Hall–Kier alpha value is -0.220. The summed E-state index contributed by atoms with van der Waals surface area (Å²) >= 11 is 3.66. The fourth-order valence-electron chi connectivity index (χ4n) is 0.195. The number of rotatable bonds is 2. The molecule has 0 spiro atoms. The lowest BCUT2D eigenvalue weighted by atomic mass is 10.4. The van der Waals surface area contributed by atoms with Gasteiger partial charge in [0.15, 0.2) is 0 Å². The zero-order valence-electron chi connectivity index (χ0n) is 4.63. The maximum absolute atomic E-state index is 10.3. The number of ether oxygens (including phenoxy) is 1. The van der Waals surface area contributed by atoms with Crippen molar-refractivity contribution in [2.24, 2.45) is 5.73 Å². The van der Waals surface area contributed by atoms with Gasteiger partial charge in [0.05, 0.1) is 0 Å². The summed E-state index contributed by atoms with van der Waals surface area (Å²) in [5, 5.41) is 0. The number of carbonyl (C=O) groups excluding carboxylic acids is 1. The second kappa shape index (κ2) is 3.74. The molecular weight excluding hydrogens is 126 g/mol. The van der Waals surface area contributed by atoms with Crippen molar-refractivity contribution in [1.82, 2.24) is 0 Å². The summed E-state index contributed by atoms with van der Waals surface area (Å²) in [6.45, 7) is 1.56. The van der Waals surface area contributed by atoms with E-state index in [9.17, 15) is 4.79 Å². The normalized spacial score (nSPS) is 12.9. The molecule has 0 rings (SSSR count). The maximum Gasteiger partial charge on any atom is 0.323 e. The number of thiol groups is 1. The number of esters is 1. The average molecular weight is 135 g/mol. The summed E-state index contributed by atoms with van der Waals surface area (Å²) in [6.07, 6.45) is 0. The van der Waals surface area contributed by atoms with Crippen molar-refractivity contribution in [2.75, 3.05) is 5.94 Å². The van der Waals surface area contributed by atoms with Crippen LogP contribution in [-0.2, 0) is 9.53 Å². The minimum absolute atomic E-state index is 0.0976. The molecule has 0 aromatic carbocycles. The number of nitrogens with two attached hydrogens (primary N) is 1. The summed E-state index contributed by atoms with van der Waals surface area (Å²) in [5.74, 6) is -0.319. The highest BCUT2D eigenvalue weighted by Crippen LogP contribution is 1.84. The zero-order valence-corrected chi connectivity index (χ0v) is 5.52. The van der Waals surface area contributed by atoms with Gasteiger partial charge in [0.1, 0.15) is 12.0 Å². The van der Waals surface area contributed by atoms with Gasteiger partial charge in [0.2, 0.25) is 0 Å². The first-order valence-electron chi connectivity index (χ1n) is 2.21. The molecule has 0 aromatic heterocycles. The molecule has 1 atom stereocenters. The van der Waals surface area contributed by atoms with Gasteiger partial charge in [-0.2, -0.15) is 0 Å². The fourth-order valence-corrected chi connectivity index (χ4v) is 0.322. The van der Waals surface area contributed by atoms with Crippen molar-refractivity contribution in [2.45, 2.75) is 13.0 Å². The van der Waals surface area contributed by atoms with Crippen LogP contribution in [0, 0.1) is 0 Å². The molecule has 0 radical (unpaired) electrons. The second-order valence-electron chi connectivity index (χ2n) is 1.38. The number of hydrogen-bond acceptors (Lipinski definition) is 4. The van der Waals surface area contributed by atoms with E-state index < -0.39 is 12.0 Å². The number of carbonyl (C=O) groups is 1. The molecule has 4 heteroatoms. The summed E-state index contributed by atoms with van der Waals surface area (Å²) in [5.41, 5.74) is 5.11. The van der Waals surface area contributed by atoms with Gasteiger partial charge >= 0.3 is 5.97 Å².